The number of amides is 1. The van der Waals surface area contributed by atoms with Crippen LogP contribution in [0.5, 0.6) is 0 Å². The number of ketones is 1. The number of aryl methyl sites for hydroxylation is 1. The molecule has 0 aliphatic rings. The van der Waals surface area contributed by atoms with E-state index in [-0.39, 0.29) is 24.7 Å². The van der Waals surface area contributed by atoms with E-state index in [0.717, 1.165) is 5.56 Å². The summed E-state index contributed by atoms with van der Waals surface area (Å²) in [6, 6.07) is 13.5. The van der Waals surface area contributed by atoms with Gasteiger partial charge in [-0.2, -0.15) is 0 Å². The molecule has 0 fully saturated rings. The number of esters is 1. The van der Waals surface area contributed by atoms with Crippen molar-refractivity contribution in [1.82, 2.24) is 5.32 Å². The van der Waals surface area contributed by atoms with Crippen molar-refractivity contribution in [3.8, 4) is 0 Å². The Kier molecular flexibility index (Phi) is 6.92. The molecule has 2 aromatic rings. The summed E-state index contributed by atoms with van der Waals surface area (Å²) in [6.45, 7) is 3.58. The van der Waals surface area contributed by atoms with E-state index in [1.165, 1.54) is 6.92 Å². The molecule has 0 aromatic heterocycles. The molecule has 0 aliphatic heterocycles. The van der Waals surface area contributed by atoms with Crippen molar-refractivity contribution in [3.63, 3.8) is 0 Å². The summed E-state index contributed by atoms with van der Waals surface area (Å²) in [5.74, 6) is -1.11. The molecule has 1 N–H and O–H groups in total. The normalized spacial score (nSPS) is 11.5. The molecule has 0 unspecified atom stereocenters. The van der Waals surface area contributed by atoms with Crippen LogP contribution in [0.2, 0.25) is 5.02 Å². The molecule has 0 bridgehead atoms. The van der Waals surface area contributed by atoms with Gasteiger partial charge in [0.25, 0.3) is 5.91 Å². The summed E-state index contributed by atoms with van der Waals surface area (Å²) in [5.41, 5.74) is 1.99. The molecule has 2 aromatic carbocycles. The Balaban J connectivity index is 1.77. The molecule has 136 valence electrons. The van der Waals surface area contributed by atoms with Crippen molar-refractivity contribution in [2.24, 2.45) is 0 Å². The van der Waals surface area contributed by atoms with E-state index < -0.39 is 12.1 Å². The predicted molar refractivity (Wildman–Crippen MR) is 99.5 cm³/mol. The fourth-order valence-corrected chi connectivity index (χ4v) is 2.37. The van der Waals surface area contributed by atoms with Crippen LogP contribution in [-0.2, 0) is 9.53 Å². The zero-order chi connectivity index (χ0) is 19.1. The molecule has 0 spiro atoms. The van der Waals surface area contributed by atoms with Gasteiger partial charge < -0.3 is 10.1 Å². The van der Waals surface area contributed by atoms with Crippen molar-refractivity contribution < 1.29 is 19.1 Å². The van der Waals surface area contributed by atoms with Crippen LogP contribution in [0.3, 0.4) is 0 Å². The summed E-state index contributed by atoms with van der Waals surface area (Å²) in [6.07, 6.45) is -0.901. The Morgan fingerprint density at radius 1 is 1.00 bits per heavy atom. The first kappa shape index (κ1) is 19.7. The number of carbonyl (C=O) groups is 3. The molecule has 1 atom stereocenters. The first-order valence-electron chi connectivity index (χ1n) is 8.21. The molecule has 2 rings (SSSR count). The van der Waals surface area contributed by atoms with Gasteiger partial charge in [-0.25, -0.2) is 0 Å². The van der Waals surface area contributed by atoms with Gasteiger partial charge in [0.05, 0.1) is 6.42 Å². The SMILES string of the molecule is Cc1ccc(C(=O)[C@@H](C)OC(=O)CCNC(=O)c2ccc(Cl)cc2)cc1. The van der Waals surface area contributed by atoms with Crippen LogP contribution >= 0.6 is 11.6 Å². The fourth-order valence-electron chi connectivity index (χ4n) is 2.24. The van der Waals surface area contributed by atoms with Crippen LogP contribution in [0.1, 0.15) is 39.6 Å². The van der Waals surface area contributed by atoms with Crippen molar-refractivity contribution in [3.05, 3.63) is 70.2 Å². The molecule has 0 saturated heterocycles. The number of rotatable bonds is 7. The maximum absolute atomic E-state index is 12.2. The molecule has 1 amide bonds. The second-order valence-corrected chi connectivity index (χ2v) is 6.31. The van der Waals surface area contributed by atoms with Gasteiger partial charge in [0.15, 0.2) is 6.10 Å². The Bertz CT molecular complexity index is 784. The van der Waals surface area contributed by atoms with Gasteiger partial charge in [-0.1, -0.05) is 41.4 Å². The van der Waals surface area contributed by atoms with Gasteiger partial charge in [-0.15, -0.1) is 0 Å². The number of carbonyl (C=O) groups excluding carboxylic acids is 3. The smallest absolute Gasteiger partial charge is 0.308 e. The van der Waals surface area contributed by atoms with Crippen LogP contribution in [0.15, 0.2) is 48.5 Å². The zero-order valence-corrected chi connectivity index (χ0v) is 15.4. The highest BCUT2D eigenvalue weighted by molar-refractivity contribution is 6.30. The van der Waals surface area contributed by atoms with Crippen molar-refractivity contribution in [2.75, 3.05) is 6.54 Å². The summed E-state index contributed by atoms with van der Waals surface area (Å²) >= 11 is 5.77. The minimum absolute atomic E-state index is 0.0230. The third-order valence-electron chi connectivity index (χ3n) is 3.73. The Hall–Kier alpha value is -2.66. The number of hydrogen-bond acceptors (Lipinski definition) is 4. The highest BCUT2D eigenvalue weighted by Crippen LogP contribution is 2.10. The highest BCUT2D eigenvalue weighted by atomic mass is 35.5. The number of benzene rings is 2. The van der Waals surface area contributed by atoms with E-state index in [4.69, 9.17) is 16.3 Å². The molecule has 5 nitrogen and oxygen atoms in total. The van der Waals surface area contributed by atoms with Gasteiger partial charge in [0.2, 0.25) is 5.78 Å². The monoisotopic (exact) mass is 373 g/mol. The minimum Gasteiger partial charge on any atom is -0.454 e. The summed E-state index contributed by atoms with van der Waals surface area (Å²) in [5, 5.41) is 3.16. The van der Waals surface area contributed by atoms with Crippen LogP contribution in [0.4, 0.5) is 0 Å². The fraction of sp³-hybridized carbons (Fsp3) is 0.250. The number of hydrogen-bond donors (Lipinski definition) is 1. The molecule has 0 heterocycles. The predicted octanol–water partition coefficient (Wildman–Crippen LogP) is 3.58. The standard InChI is InChI=1S/C20H20ClNO4/c1-13-3-5-15(6-4-13)19(24)14(2)26-18(23)11-12-22-20(25)16-7-9-17(21)10-8-16/h3-10,14H,11-12H2,1-2H3,(H,22,25)/t14-/m1/s1. The Morgan fingerprint density at radius 2 is 1.58 bits per heavy atom. The molecule has 26 heavy (non-hydrogen) atoms. The molecular weight excluding hydrogens is 354 g/mol. The number of nitrogens with one attached hydrogen (secondary N) is 1. The summed E-state index contributed by atoms with van der Waals surface area (Å²) in [4.78, 5) is 36.0. The van der Waals surface area contributed by atoms with Gasteiger partial charge in [0.1, 0.15) is 0 Å². The molecular formula is C20H20ClNO4. The second-order valence-electron chi connectivity index (χ2n) is 5.88. The van der Waals surface area contributed by atoms with Crippen LogP contribution in [0.25, 0.3) is 0 Å². The lowest BCUT2D eigenvalue weighted by molar-refractivity contribution is -0.146. The molecule has 6 heteroatoms. The lowest BCUT2D eigenvalue weighted by Crippen LogP contribution is -2.29. The largest absolute Gasteiger partial charge is 0.454 e. The molecule has 0 aliphatic carbocycles. The maximum atomic E-state index is 12.2. The van der Waals surface area contributed by atoms with E-state index >= 15 is 0 Å². The number of Topliss-reactive ketones (excluding diaryl/α,β-unsaturated/α-hetero) is 1. The second kappa shape index (κ2) is 9.15. The number of halogens is 1. The van der Waals surface area contributed by atoms with Gasteiger partial charge in [0, 0.05) is 22.7 Å². The first-order chi connectivity index (χ1) is 12.4. The average molecular weight is 374 g/mol. The summed E-state index contributed by atoms with van der Waals surface area (Å²) < 4.78 is 5.14. The lowest BCUT2D eigenvalue weighted by atomic mass is 10.1. The van der Waals surface area contributed by atoms with Gasteiger partial charge >= 0.3 is 5.97 Å². The Morgan fingerprint density at radius 3 is 2.19 bits per heavy atom. The minimum atomic E-state index is -0.878. The van der Waals surface area contributed by atoms with E-state index in [2.05, 4.69) is 5.32 Å². The average Bonchev–Trinajstić information content (AvgIpc) is 2.62. The van der Waals surface area contributed by atoms with E-state index in [1.54, 1.807) is 36.4 Å². The first-order valence-corrected chi connectivity index (χ1v) is 8.59. The maximum Gasteiger partial charge on any atom is 0.308 e. The van der Waals surface area contributed by atoms with Crippen molar-refractivity contribution >= 4 is 29.3 Å². The van der Waals surface area contributed by atoms with Crippen LogP contribution in [0, 0.1) is 6.92 Å². The topological polar surface area (TPSA) is 72.5 Å². The van der Waals surface area contributed by atoms with Crippen LogP contribution < -0.4 is 5.32 Å². The van der Waals surface area contributed by atoms with Crippen molar-refractivity contribution in [2.45, 2.75) is 26.4 Å². The van der Waals surface area contributed by atoms with E-state index in [9.17, 15) is 14.4 Å². The summed E-state index contributed by atoms with van der Waals surface area (Å²) in [7, 11) is 0. The number of ether oxygens (including phenoxy) is 1. The van der Waals surface area contributed by atoms with Crippen molar-refractivity contribution in [1.29, 1.82) is 0 Å². The zero-order valence-electron chi connectivity index (χ0n) is 14.6. The van der Waals surface area contributed by atoms with E-state index in [1.807, 2.05) is 19.1 Å². The Labute approximate surface area is 157 Å². The molecule has 0 radical (unpaired) electrons. The van der Waals surface area contributed by atoms with Gasteiger partial charge in [-0.3, -0.25) is 14.4 Å². The van der Waals surface area contributed by atoms with Crippen LogP contribution in [-0.4, -0.2) is 30.3 Å². The third-order valence-corrected chi connectivity index (χ3v) is 3.99. The quantitative estimate of drug-likeness (QED) is 0.594. The highest BCUT2D eigenvalue weighted by Gasteiger charge is 2.19. The lowest BCUT2D eigenvalue weighted by Gasteiger charge is -2.13. The third kappa shape index (κ3) is 5.70. The molecule has 0 saturated carbocycles. The van der Waals surface area contributed by atoms with E-state index in [0.29, 0.717) is 16.1 Å². The van der Waals surface area contributed by atoms with Gasteiger partial charge in [-0.05, 0) is 38.1 Å².